The molecule has 0 spiro atoms. The number of carbonyl (C=O) groups excluding carboxylic acids is 2. The molecule has 2 rings (SSSR count). The Morgan fingerprint density at radius 2 is 2.29 bits per heavy atom. The van der Waals surface area contributed by atoms with Gasteiger partial charge in [0.25, 0.3) is 5.91 Å². The Kier molecular flexibility index (Phi) is 4.89. The summed E-state index contributed by atoms with van der Waals surface area (Å²) >= 11 is 1.35. The maximum Gasteiger partial charge on any atom is 1.00 e. The van der Waals surface area contributed by atoms with Crippen LogP contribution in [0.5, 0.6) is 0 Å². The molecule has 1 saturated heterocycles. The molecule has 2 aliphatic rings. The van der Waals surface area contributed by atoms with Crippen LogP contribution in [0.15, 0.2) is 22.8 Å². The summed E-state index contributed by atoms with van der Waals surface area (Å²) < 4.78 is 0. The van der Waals surface area contributed by atoms with Crippen LogP contribution >= 0.6 is 11.8 Å². The van der Waals surface area contributed by atoms with Gasteiger partial charge in [-0.25, -0.2) is 0 Å². The van der Waals surface area contributed by atoms with Crippen molar-refractivity contribution in [3.63, 3.8) is 0 Å². The number of aliphatic carboxylic acids is 1. The summed E-state index contributed by atoms with van der Waals surface area (Å²) in [5.74, 6) is -0.994. The van der Waals surface area contributed by atoms with Crippen molar-refractivity contribution in [1.82, 2.24) is 4.90 Å². The zero-order chi connectivity index (χ0) is 11.9. The van der Waals surface area contributed by atoms with Crippen molar-refractivity contribution >= 4 is 23.6 Å². The van der Waals surface area contributed by atoms with E-state index < -0.39 is 5.97 Å². The first-order valence-corrected chi connectivity index (χ1v) is 6.07. The minimum Gasteiger partial charge on any atom is -0.543 e. The third kappa shape index (κ3) is 2.62. The maximum absolute atomic E-state index is 11.7. The van der Waals surface area contributed by atoms with E-state index in [9.17, 15) is 14.7 Å². The SMILES string of the molecule is CC(C)C/C=C1/C(=O)N2C(C(=O)[O-])=CS[C@H]12.[Na+]. The van der Waals surface area contributed by atoms with Crippen LogP contribution in [0.2, 0.25) is 0 Å². The van der Waals surface area contributed by atoms with Gasteiger partial charge in [0.15, 0.2) is 0 Å². The maximum atomic E-state index is 11.7. The Hall–Kier alpha value is -0.230. The Balaban J connectivity index is 0.00000144. The van der Waals surface area contributed by atoms with Crippen molar-refractivity contribution in [3.05, 3.63) is 22.8 Å². The molecule has 0 aromatic rings. The minimum absolute atomic E-state index is 0. The molecule has 0 saturated carbocycles. The third-order valence-electron chi connectivity index (χ3n) is 2.55. The van der Waals surface area contributed by atoms with Gasteiger partial charge in [-0.2, -0.15) is 0 Å². The molecule has 86 valence electrons. The number of hydrogen-bond donors (Lipinski definition) is 0. The third-order valence-corrected chi connectivity index (χ3v) is 3.63. The van der Waals surface area contributed by atoms with Crippen LogP contribution in [-0.2, 0) is 9.59 Å². The number of fused-ring (bicyclic) bond motifs is 1. The number of carbonyl (C=O) groups is 2. The predicted molar refractivity (Wildman–Crippen MR) is 58.9 cm³/mol. The number of allylic oxidation sites excluding steroid dienone is 1. The van der Waals surface area contributed by atoms with Gasteiger partial charge in [-0.3, -0.25) is 9.69 Å². The zero-order valence-electron chi connectivity index (χ0n) is 10.1. The molecular formula is C11H12NNaO3S. The van der Waals surface area contributed by atoms with Crippen LogP contribution in [-0.4, -0.2) is 22.2 Å². The van der Waals surface area contributed by atoms with E-state index in [2.05, 4.69) is 13.8 Å². The molecular weight excluding hydrogens is 249 g/mol. The van der Waals surface area contributed by atoms with Crippen LogP contribution in [0.3, 0.4) is 0 Å². The van der Waals surface area contributed by atoms with E-state index in [0.29, 0.717) is 11.5 Å². The summed E-state index contributed by atoms with van der Waals surface area (Å²) in [6, 6.07) is 0. The predicted octanol–water partition coefficient (Wildman–Crippen LogP) is -2.53. The zero-order valence-corrected chi connectivity index (χ0v) is 12.9. The smallest absolute Gasteiger partial charge is 0.543 e. The fourth-order valence-electron chi connectivity index (χ4n) is 1.68. The van der Waals surface area contributed by atoms with Crippen molar-refractivity contribution in [1.29, 1.82) is 0 Å². The molecule has 1 amide bonds. The molecule has 6 heteroatoms. The van der Waals surface area contributed by atoms with Crippen molar-refractivity contribution in [2.75, 3.05) is 0 Å². The molecule has 0 aliphatic carbocycles. The Morgan fingerprint density at radius 3 is 2.82 bits per heavy atom. The largest absolute Gasteiger partial charge is 1.00 e. The normalized spacial score (nSPS) is 24.3. The first kappa shape index (κ1) is 14.8. The van der Waals surface area contributed by atoms with Crippen molar-refractivity contribution in [2.45, 2.75) is 25.6 Å². The quantitative estimate of drug-likeness (QED) is 0.319. The van der Waals surface area contributed by atoms with Gasteiger partial charge in [-0.05, 0) is 17.7 Å². The molecule has 0 radical (unpaired) electrons. The molecule has 17 heavy (non-hydrogen) atoms. The fraction of sp³-hybridized carbons (Fsp3) is 0.455. The van der Waals surface area contributed by atoms with Crippen molar-refractivity contribution in [2.24, 2.45) is 5.92 Å². The minimum atomic E-state index is -1.29. The van der Waals surface area contributed by atoms with E-state index >= 15 is 0 Å². The molecule has 2 aliphatic heterocycles. The molecule has 1 fully saturated rings. The molecule has 1 atom stereocenters. The topological polar surface area (TPSA) is 60.4 Å². The molecule has 0 N–H and O–H groups in total. The van der Waals surface area contributed by atoms with E-state index in [4.69, 9.17) is 0 Å². The van der Waals surface area contributed by atoms with E-state index in [1.54, 1.807) is 0 Å². The summed E-state index contributed by atoms with van der Waals surface area (Å²) in [5, 5.41) is 12.0. The number of carboxylic acids is 1. The van der Waals surface area contributed by atoms with Gasteiger partial charge in [0, 0.05) is 5.57 Å². The van der Waals surface area contributed by atoms with E-state index in [1.165, 1.54) is 22.1 Å². The van der Waals surface area contributed by atoms with Gasteiger partial charge in [0.1, 0.15) is 5.37 Å². The monoisotopic (exact) mass is 261 g/mol. The molecule has 0 bridgehead atoms. The van der Waals surface area contributed by atoms with Crippen LogP contribution in [0.1, 0.15) is 20.3 Å². The molecule has 0 unspecified atom stereocenters. The Morgan fingerprint density at radius 1 is 1.65 bits per heavy atom. The van der Waals surface area contributed by atoms with Crippen LogP contribution < -0.4 is 34.7 Å². The average molecular weight is 261 g/mol. The Bertz CT molecular complexity index is 417. The van der Waals surface area contributed by atoms with Crippen molar-refractivity contribution < 1.29 is 44.3 Å². The number of β-lactam (4-membered cyclic amide) rings is 1. The number of hydrogen-bond acceptors (Lipinski definition) is 4. The van der Waals surface area contributed by atoms with E-state index in [1.807, 2.05) is 6.08 Å². The number of thioether (sulfide) groups is 1. The summed E-state index contributed by atoms with van der Waals surface area (Å²) in [6.07, 6.45) is 2.75. The number of rotatable bonds is 3. The van der Waals surface area contributed by atoms with Crippen LogP contribution in [0, 0.1) is 5.92 Å². The van der Waals surface area contributed by atoms with Crippen LogP contribution in [0.4, 0.5) is 0 Å². The summed E-state index contributed by atoms with van der Waals surface area (Å²) in [7, 11) is 0. The fourth-order valence-corrected chi connectivity index (χ4v) is 2.82. The number of carboxylic acid groups (broad SMARTS) is 1. The van der Waals surface area contributed by atoms with Gasteiger partial charge >= 0.3 is 29.6 Å². The van der Waals surface area contributed by atoms with E-state index in [-0.39, 0.29) is 46.5 Å². The second-order valence-corrected chi connectivity index (χ2v) is 5.20. The number of amides is 1. The summed E-state index contributed by atoms with van der Waals surface area (Å²) in [5.41, 5.74) is 0.702. The summed E-state index contributed by atoms with van der Waals surface area (Å²) in [6.45, 7) is 4.15. The molecule has 4 nitrogen and oxygen atoms in total. The average Bonchev–Trinajstić information content (AvgIpc) is 2.57. The Labute approximate surface area is 126 Å². The van der Waals surface area contributed by atoms with Crippen molar-refractivity contribution in [3.8, 4) is 0 Å². The number of nitrogens with zero attached hydrogens (tertiary/aromatic N) is 1. The molecule has 0 aromatic heterocycles. The van der Waals surface area contributed by atoms with E-state index in [0.717, 1.165) is 6.42 Å². The van der Waals surface area contributed by atoms with Gasteiger partial charge in [-0.15, -0.1) is 11.8 Å². The standard InChI is InChI=1S/C11H13NO3S.Na/c1-6(2)3-4-7-9(13)12-8(11(14)15)5-16-10(7)12;/h4-6,10H,3H2,1-2H3,(H,14,15);/q;+1/p-1/b7-4-;/t10-;/m1./s1. The second-order valence-electron chi connectivity index (χ2n) is 4.24. The molecule has 0 aromatic carbocycles. The summed E-state index contributed by atoms with van der Waals surface area (Å²) in [4.78, 5) is 23.7. The first-order valence-electron chi connectivity index (χ1n) is 5.13. The second kappa shape index (κ2) is 5.61. The van der Waals surface area contributed by atoms with Crippen LogP contribution in [0.25, 0.3) is 0 Å². The molecule has 2 heterocycles. The van der Waals surface area contributed by atoms with Gasteiger partial charge in [0.05, 0.1) is 11.7 Å². The van der Waals surface area contributed by atoms with Gasteiger partial charge in [0.2, 0.25) is 0 Å². The first-order chi connectivity index (χ1) is 7.52. The van der Waals surface area contributed by atoms with Gasteiger partial charge in [-0.1, -0.05) is 19.9 Å². The van der Waals surface area contributed by atoms with Gasteiger partial charge < -0.3 is 9.90 Å².